The molecule has 2 aliphatic carbocycles. The van der Waals surface area contributed by atoms with Crippen LogP contribution in [0, 0.1) is 11.8 Å². The molecule has 112 valence electrons. The number of thiocarbonyl (C=S) groups is 1. The van der Waals surface area contributed by atoms with Gasteiger partial charge >= 0.3 is 0 Å². The molecule has 0 saturated heterocycles. The van der Waals surface area contributed by atoms with Gasteiger partial charge in [-0.05, 0) is 67.6 Å². The van der Waals surface area contributed by atoms with Crippen LogP contribution in [0.2, 0.25) is 0 Å². The number of benzene rings is 1. The zero-order valence-electron chi connectivity index (χ0n) is 12.2. The van der Waals surface area contributed by atoms with Gasteiger partial charge in [-0.15, -0.1) is 0 Å². The van der Waals surface area contributed by atoms with Crippen LogP contribution in [0.5, 0.6) is 0 Å². The highest BCUT2D eigenvalue weighted by atomic mass is 32.1. The average molecular weight is 303 g/mol. The van der Waals surface area contributed by atoms with Gasteiger partial charge in [0, 0.05) is 24.3 Å². The Hall–Kier alpha value is -1.62. The number of rotatable bonds is 3. The second-order valence-corrected chi connectivity index (χ2v) is 6.55. The third-order valence-corrected chi connectivity index (χ3v) is 4.74. The number of carbonyl (C=O) groups is 1. The van der Waals surface area contributed by atoms with E-state index in [2.05, 4.69) is 16.0 Å². The predicted molar refractivity (Wildman–Crippen MR) is 89.3 cm³/mol. The van der Waals surface area contributed by atoms with Crippen LogP contribution in [0.4, 0.5) is 11.4 Å². The van der Waals surface area contributed by atoms with Gasteiger partial charge in [0.2, 0.25) is 5.91 Å². The van der Waals surface area contributed by atoms with Gasteiger partial charge in [-0.2, -0.15) is 0 Å². The summed E-state index contributed by atoms with van der Waals surface area (Å²) in [5, 5.41) is 10.1. The molecule has 0 radical (unpaired) electrons. The van der Waals surface area contributed by atoms with E-state index in [0.717, 1.165) is 23.2 Å². The van der Waals surface area contributed by atoms with Crippen LogP contribution in [-0.2, 0) is 4.79 Å². The van der Waals surface area contributed by atoms with Gasteiger partial charge in [0.05, 0.1) is 0 Å². The zero-order chi connectivity index (χ0) is 14.8. The van der Waals surface area contributed by atoms with Crippen LogP contribution in [0.25, 0.3) is 0 Å². The summed E-state index contributed by atoms with van der Waals surface area (Å²) in [4.78, 5) is 11.0. The van der Waals surface area contributed by atoms with E-state index in [9.17, 15) is 4.79 Å². The van der Waals surface area contributed by atoms with Gasteiger partial charge in [0.25, 0.3) is 0 Å². The van der Waals surface area contributed by atoms with Crippen LogP contribution >= 0.6 is 12.2 Å². The summed E-state index contributed by atoms with van der Waals surface area (Å²) in [5.74, 6) is 1.65. The fraction of sp³-hybridized carbons (Fsp3) is 0.500. The molecule has 4 nitrogen and oxygen atoms in total. The number of amides is 1. The summed E-state index contributed by atoms with van der Waals surface area (Å²) in [6.07, 6.45) is 5.36. The van der Waals surface area contributed by atoms with Crippen LogP contribution in [0.15, 0.2) is 24.3 Å². The van der Waals surface area contributed by atoms with E-state index in [1.807, 2.05) is 24.3 Å². The topological polar surface area (TPSA) is 53.2 Å². The van der Waals surface area contributed by atoms with Gasteiger partial charge in [-0.1, -0.05) is 6.42 Å². The first-order valence-corrected chi connectivity index (χ1v) is 7.96. The quantitative estimate of drug-likeness (QED) is 0.751. The number of hydrogen-bond donors (Lipinski definition) is 3. The van der Waals surface area contributed by atoms with Gasteiger partial charge in [0.15, 0.2) is 5.11 Å². The van der Waals surface area contributed by atoms with Crippen LogP contribution in [-0.4, -0.2) is 17.1 Å². The summed E-state index contributed by atoms with van der Waals surface area (Å²) in [5.41, 5.74) is 1.73. The molecule has 2 saturated carbocycles. The molecule has 3 N–H and O–H groups in total. The van der Waals surface area contributed by atoms with Gasteiger partial charge in [0.1, 0.15) is 0 Å². The summed E-state index contributed by atoms with van der Waals surface area (Å²) in [6.45, 7) is 1.50. The second kappa shape index (κ2) is 6.02. The van der Waals surface area contributed by atoms with Crippen molar-refractivity contribution in [1.82, 2.24) is 5.32 Å². The fourth-order valence-electron chi connectivity index (χ4n) is 3.60. The third-order valence-electron chi connectivity index (χ3n) is 4.52. The van der Waals surface area contributed by atoms with Crippen molar-refractivity contribution in [1.29, 1.82) is 0 Å². The molecule has 2 bridgehead atoms. The molecule has 0 aromatic heterocycles. The van der Waals surface area contributed by atoms with E-state index in [1.165, 1.54) is 32.6 Å². The normalized spacial score (nSPS) is 26.4. The number of fused-ring (bicyclic) bond motifs is 2. The number of nitrogens with one attached hydrogen (secondary N) is 3. The Kier molecular flexibility index (Phi) is 4.10. The Bertz CT molecular complexity index is 543. The lowest BCUT2D eigenvalue weighted by atomic mass is 9.96. The fourth-order valence-corrected chi connectivity index (χ4v) is 3.87. The third kappa shape index (κ3) is 3.53. The minimum atomic E-state index is -0.0656. The Balaban J connectivity index is 1.51. The summed E-state index contributed by atoms with van der Waals surface area (Å²) < 4.78 is 0. The summed E-state index contributed by atoms with van der Waals surface area (Å²) in [7, 11) is 0. The van der Waals surface area contributed by atoms with E-state index < -0.39 is 0 Å². The molecular weight excluding hydrogens is 282 g/mol. The molecule has 0 spiro atoms. The lowest BCUT2D eigenvalue weighted by Gasteiger charge is -2.24. The molecule has 1 amide bonds. The van der Waals surface area contributed by atoms with Crippen molar-refractivity contribution in [3.05, 3.63) is 24.3 Å². The largest absolute Gasteiger partial charge is 0.359 e. The number of anilines is 2. The first-order chi connectivity index (χ1) is 10.1. The summed E-state index contributed by atoms with van der Waals surface area (Å²) in [6, 6.07) is 8.11. The molecule has 2 aliphatic rings. The molecule has 0 heterocycles. The monoisotopic (exact) mass is 303 g/mol. The van der Waals surface area contributed by atoms with E-state index in [1.54, 1.807) is 0 Å². The standard InChI is InChI=1S/C16H21N3OS/c1-10(20)17-13-4-6-14(7-5-13)18-16(21)19-15-9-11-2-3-12(15)8-11/h4-7,11-12,15H,2-3,8-9H2,1H3,(H,17,20)(H2,18,19,21)/t11-,12-,15+/m1/s1. The molecule has 1 aromatic rings. The maximum Gasteiger partial charge on any atom is 0.221 e. The molecule has 0 aliphatic heterocycles. The first-order valence-electron chi connectivity index (χ1n) is 7.55. The average Bonchev–Trinajstić information content (AvgIpc) is 3.02. The van der Waals surface area contributed by atoms with Crippen molar-refractivity contribution in [3.8, 4) is 0 Å². The number of carbonyl (C=O) groups excluding carboxylic acids is 1. The van der Waals surface area contributed by atoms with Crippen LogP contribution in [0.1, 0.15) is 32.6 Å². The Labute approximate surface area is 130 Å². The van der Waals surface area contributed by atoms with Crippen molar-refractivity contribution in [2.24, 2.45) is 11.8 Å². The van der Waals surface area contributed by atoms with Gasteiger partial charge < -0.3 is 16.0 Å². The first kappa shape index (κ1) is 14.3. The maximum absolute atomic E-state index is 11.0. The lowest BCUT2D eigenvalue weighted by molar-refractivity contribution is -0.114. The Morgan fingerprint density at radius 3 is 2.29 bits per heavy atom. The molecular formula is C16H21N3OS. The van der Waals surface area contributed by atoms with E-state index in [4.69, 9.17) is 12.2 Å². The SMILES string of the molecule is CC(=O)Nc1ccc(NC(=S)N[C@H]2C[C@@H]3CC[C@@H]2C3)cc1. The van der Waals surface area contributed by atoms with Gasteiger partial charge in [-0.25, -0.2) is 0 Å². The Morgan fingerprint density at radius 2 is 1.76 bits per heavy atom. The predicted octanol–water partition coefficient (Wildman–Crippen LogP) is 3.12. The molecule has 2 fully saturated rings. The highest BCUT2D eigenvalue weighted by Gasteiger charge is 2.39. The number of hydrogen-bond acceptors (Lipinski definition) is 2. The van der Waals surface area contributed by atoms with E-state index >= 15 is 0 Å². The molecule has 3 atom stereocenters. The van der Waals surface area contributed by atoms with E-state index in [-0.39, 0.29) is 5.91 Å². The molecule has 1 aromatic carbocycles. The van der Waals surface area contributed by atoms with Crippen molar-refractivity contribution in [2.45, 2.75) is 38.6 Å². The second-order valence-electron chi connectivity index (χ2n) is 6.14. The molecule has 0 unspecified atom stereocenters. The van der Waals surface area contributed by atoms with E-state index in [0.29, 0.717) is 11.2 Å². The minimum Gasteiger partial charge on any atom is -0.359 e. The van der Waals surface area contributed by atoms with Crippen molar-refractivity contribution in [2.75, 3.05) is 10.6 Å². The molecule has 21 heavy (non-hydrogen) atoms. The summed E-state index contributed by atoms with van der Waals surface area (Å²) >= 11 is 5.40. The minimum absolute atomic E-state index is 0.0656. The van der Waals surface area contributed by atoms with Crippen LogP contribution < -0.4 is 16.0 Å². The van der Waals surface area contributed by atoms with Crippen molar-refractivity contribution >= 4 is 34.6 Å². The molecule has 3 rings (SSSR count). The highest BCUT2D eigenvalue weighted by molar-refractivity contribution is 7.80. The smallest absolute Gasteiger partial charge is 0.221 e. The van der Waals surface area contributed by atoms with Crippen LogP contribution in [0.3, 0.4) is 0 Å². The Morgan fingerprint density at radius 1 is 1.10 bits per heavy atom. The lowest BCUT2D eigenvalue weighted by Crippen LogP contribution is -2.40. The highest BCUT2D eigenvalue weighted by Crippen LogP contribution is 2.44. The molecule has 5 heteroatoms. The van der Waals surface area contributed by atoms with Crippen molar-refractivity contribution in [3.63, 3.8) is 0 Å². The van der Waals surface area contributed by atoms with Gasteiger partial charge in [-0.3, -0.25) is 4.79 Å². The van der Waals surface area contributed by atoms with Crippen molar-refractivity contribution < 1.29 is 4.79 Å². The zero-order valence-corrected chi connectivity index (χ0v) is 13.0. The maximum atomic E-state index is 11.0.